The fourth-order valence-electron chi connectivity index (χ4n) is 2.53. The van der Waals surface area contributed by atoms with Gasteiger partial charge in [-0.15, -0.1) is 0 Å². The number of carbonyl (C=O) groups is 2. The zero-order valence-corrected chi connectivity index (χ0v) is 17.5. The zero-order valence-electron chi connectivity index (χ0n) is 14.5. The Bertz CT molecular complexity index is 872. The van der Waals surface area contributed by atoms with Crippen LogP contribution in [0, 0.1) is 9.39 Å². The van der Waals surface area contributed by atoms with Crippen LogP contribution in [0.3, 0.4) is 0 Å². The van der Waals surface area contributed by atoms with Crippen molar-refractivity contribution in [1.29, 1.82) is 0 Å². The van der Waals surface area contributed by atoms with E-state index in [2.05, 4.69) is 32.9 Å². The number of nitrogens with zero attached hydrogens (tertiary/aromatic N) is 2. The van der Waals surface area contributed by atoms with Crippen molar-refractivity contribution in [3.05, 3.63) is 57.9 Å². The lowest BCUT2D eigenvalue weighted by atomic mass is 10.2. The fourth-order valence-corrected chi connectivity index (χ4v) is 4.06. The van der Waals surface area contributed by atoms with E-state index in [4.69, 9.17) is 0 Å². The van der Waals surface area contributed by atoms with Crippen LogP contribution in [0.1, 0.15) is 13.3 Å². The molecule has 2 aromatic rings. The van der Waals surface area contributed by atoms with Crippen molar-refractivity contribution in [2.24, 2.45) is 4.99 Å². The molecule has 0 bridgehead atoms. The highest BCUT2D eigenvalue weighted by Crippen LogP contribution is 2.30. The summed E-state index contributed by atoms with van der Waals surface area (Å²) in [5, 5.41) is 2.65. The SMILES string of the molecule is CCN1C(=O)C[C@H](C(=O)Nc2ccc(F)cc2)SC1=Nc1ccc(I)cc1. The molecule has 1 fully saturated rings. The van der Waals surface area contributed by atoms with Gasteiger partial charge in [0.05, 0.1) is 5.69 Å². The van der Waals surface area contributed by atoms with Crippen molar-refractivity contribution in [1.82, 2.24) is 4.90 Å². The normalized spacial score (nSPS) is 18.6. The Hall–Kier alpha value is -1.94. The minimum absolute atomic E-state index is 0.0945. The number of rotatable bonds is 4. The monoisotopic (exact) mass is 497 g/mol. The highest BCUT2D eigenvalue weighted by atomic mass is 127. The molecule has 140 valence electrons. The number of anilines is 1. The first-order chi connectivity index (χ1) is 13.0. The Labute approximate surface area is 174 Å². The first kappa shape index (κ1) is 19.8. The number of amides is 2. The predicted octanol–water partition coefficient (Wildman–Crippen LogP) is 4.41. The van der Waals surface area contributed by atoms with Crippen LogP contribution < -0.4 is 5.32 Å². The lowest BCUT2D eigenvalue weighted by molar-refractivity contribution is -0.129. The van der Waals surface area contributed by atoms with Gasteiger partial charge in [0.15, 0.2) is 5.17 Å². The maximum Gasteiger partial charge on any atom is 0.238 e. The van der Waals surface area contributed by atoms with Crippen LogP contribution in [-0.4, -0.2) is 33.7 Å². The Morgan fingerprint density at radius 1 is 1.26 bits per heavy atom. The molecule has 0 aromatic heterocycles. The summed E-state index contributed by atoms with van der Waals surface area (Å²) in [6.45, 7) is 2.36. The molecule has 0 radical (unpaired) electrons. The molecule has 0 saturated carbocycles. The molecule has 1 atom stereocenters. The zero-order chi connectivity index (χ0) is 19.4. The Kier molecular flexibility index (Phi) is 6.48. The molecule has 0 aliphatic carbocycles. The summed E-state index contributed by atoms with van der Waals surface area (Å²) in [5.74, 6) is -0.813. The fraction of sp³-hybridized carbons (Fsp3) is 0.211. The van der Waals surface area contributed by atoms with Gasteiger partial charge in [-0.2, -0.15) is 0 Å². The van der Waals surface area contributed by atoms with Crippen molar-refractivity contribution in [3.63, 3.8) is 0 Å². The number of carbonyl (C=O) groups excluding carboxylic acids is 2. The van der Waals surface area contributed by atoms with Gasteiger partial charge in [0.1, 0.15) is 11.1 Å². The van der Waals surface area contributed by atoms with Gasteiger partial charge in [-0.05, 0) is 78.0 Å². The van der Waals surface area contributed by atoms with Gasteiger partial charge in [-0.3, -0.25) is 14.5 Å². The molecule has 5 nitrogen and oxygen atoms in total. The smallest absolute Gasteiger partial charge is 0.238 e. The Morgan fingerprint density at radius 2 is 1.93 bits per heavy atom. The average molecular weight is 497 g/mol. The van der Waals surface area contributed by atoms with Crippen molar-refractivity contribution in [2.75, 3.05) is 11.9 Å². The van der Waals surface area contributed by atoms with E-state index in [-0.39, 0.29) is 24.1 Å². The van der Waals surface area contributed by atoms with E-state index >= 15 is 0 Å². The maximum absolute atomic E-state index is 13.0. The van der Waals surface area contributed by atoms with E-state index in [1.54, 1.807) is 4.90 Å². The molecule has 2 aromatic carbocycles. The van der Waals surface area contributed by atoms with Gasteiger partial charge in [0.25, 0.3) is 0 Å². The van der Waals surface area contributed by atoms with Gasteiger partial charge < -0.3 is 5.32 Å². The molecule has 27 heavy (non-hydrogen) atoms. The van der Waals surface area contributed by atoms with Crippen molar-refractivity contribution >= 4 is 62.7 Å². The molecule has 2 amide bonds. The van der Waals surface area contributed by atoms with Crippen LogP contribution >= 0.6 is 34.4 Å². The van der Waals surface area contributed by atoms with Crippen molar-refractivity contribution in [3.8, 4) is 0 Å². The summed E-state index contributed by atoms with van der Waals surface area (Å²) < 4.78 is 14.1. The minimum atomic E-state index is -0.590. The third-order valence-corrected chi connectivity index (χ3v) is 5.82. The molecule has 1 N–H and O–H groups in total. The third kappa shape index (κ3) is 5.07. The van der Waals surface area contributed by atoms with E-state index in [9.17, 15) is 14.0 Å². The number of thioether (sulfide) groups is 1. The van der Waals surface area contributed by atoms with Crippen LogP contribution in [0.5, 0.6) is 0 Å². The standard InChI is InChI=1S/C19H17FIN3O2S/c1-2-24-17(25)11-16(18(26)22-14-7-3-12(20)4-8-14)27-19(24)23-15-9-5-13(21)6-10-15/h3-10,16H,2,11H2,1H3,(H,22,26)/t16-/m1/s1. The molecule has 8 heteroatoms. The number of halogens is 2. The van der Waals surface area contributed by atoms with Crippen molar-refractivity contribution < 1.29 is 14.0 Å². The van der Waals surface area contributed by atoms with E-state index in [0.717, 1.165) is 9.26 Å². The number of nitrogens with one attached hydrogen (secondary N) is 1. The van der Waals surface area contributed by atoms with Gasteiger partial charge in [-0.1, -0.05) is 11.8 Å². The van der Waals surface area contributed by atoms with Crippen LogP contribution in [-0.2, 0) is 9.59 Å². The number of benzene rings is 2. The molecule has 1 heterocycles. The second-order valence-electron chi connectivity index (χ2n) is 5.82. The quantitative estimate of drug-likeness (QED) is 0.637. The van der Waals surface area contributed by atoms with Crippen LogP contribution in [0.4, 0.5) is 15.8 Å². The largest absolute Gasteiger partial charge is 0.325 e. The molecular formula is C19H17FIN3O2S. The van der Waals surface area contributed by atoms with Gasteiger partial charge in [-0.25, -0.2) is 9.38 Å². The molecule has 0 unspecified atom stereocenters. The number of amidine groups is 1. The first-order valence-corrected chi connectivity index (χ1v) is 10.3. The summed E-state index contributed by atoms with van der Waals surface area (Å²) >= 11 is 3.48. The molecule has 1 saturated heterocycles. The number of hydrogen-bond acceptors (Lipinski definition) is 4. The van der Waals surface area contributed by atoms with E-state index in [0.29, 0.717) is 17.4 Å². The number of hydrogen-bond donors (Lipinski definition) is 1. The van der Waals surface area contributed by atoms with Crippen LogP contribution in [0.15, 0.2) is 53.5 Å². The second-order valence-corrected chi connectivity index (χ2v) is 8.23. The topological polar surface area (TPSA) is 61.8 Å². The highest BCUT2D eigenvalue weighted by molar-refractivity contribution is 14.1. The third-order valence-electron chi connectivity index (χ3n) is 3.91. The van der Waals surface area contributed by atoms with Crippen LogP contribution in [0.2, 0.25) is 0 Å². The Balaban J connectivity index is 1.79. The second kappa shape index (κ2) is 8.83. The summed E-state index contributed by atoms with van der Waals surface area (Å²) in [4.78, 5) is 31.2. The number of aliphatic imine (C=N–C) groups is 1. The maximum atomic E-state index is 13.0. The first-order valence-electron chi connectivity index (χ1n) is 8.34. The van der Waals surface area contributed by atoms with E-state index in [1.807, 2.05) is 31.2 Å². The van der Waals surface area contributed by atoms with Gasteiger partial charge in [0.2, 0.25) is 11.8 Å². The molecule has 1 aliphatic heterocycles. The summed E-state index contributed by atoms with van der Waals surface area (Å²) in [6.07, 6.45) is 0.0945. The van der Waals surface area contributed by atoms with E-state index in [1.165, 1.54) is 36.0 Å². The molecule has 1 aliphatic rings. The Morgan fingerprint density at radius 3 is 2.56 bits per heavy atom. The molecule has 0 spiro atoms. The highest BCUT2D eigenvalue weighted by Gasteiger charge is 2.35. The molecule has 3 rings (SSSR count). The van der Waals surface area contributed by atoms with Crippen molar-refractivity contribution in [2.45, 2.75) is 18.6 Å². The lowest BCUT2D eigenvalue weighted by Gasteiger charge is -2.30. The average Bonchev–Trinajstić information content (AvgIpc) is 2.65. The van der Waals surface area contributed by atoms with Crippen LogP contribution in [0.25, 0.3) is 0 Å². The lowest BCUT2D eigenvalue weighted by Crippen LogP contribution is -2.45. The summed E-state index contributed by atoms with van der Waals surface area (Å²) in [5.41, 5.74) is 1.22. The summed E-state index contributed by atoms with van der Waals surface area (Å²) in [7, 11) is 0. The van der Waals surface area contributed by atoms with Gasteiger partial charge >= 0.3 is 0 Å². The molecular weight excluding hydrogens is 480 g/mol. The van der Waals surface area contributed by atoms with Gasteiger partial charge in [0, 0.05) is 22.2 Å². The van der Waals surface area contributed by atoms with E-state index < -0.39 is 5.25 Å². The minimum Gasteiger partial charge on any atom is -0.325 e. The summed E-state index contributed by atoms with van der Waals surface area (Å²) in [6, 6.07) is 13.1. The predicted molar refractivity (Wildman–Crippen MR) is 115 cm³/mol.